The standard InChI is InChI=1S/C15H20FN5/c1-3-11(2)19-15-20-14(10-18-21-15)17-9-8-12-4-6-13(16)7-5-12/h4-7,10-11H,3,8-9H2,1-2H3,(H2,17,19,20,21). The minimum absolute atomic E-state index is 0.215. The van der Waals surface area contributed by atoms with E-state index in [2.05, 4.69) is 39.7 Å². The second kappa shape index (κ2) is 7.52. The highest BCUT2D eigenvalue weighted by Crippen LogP contribution is 2.07. The van der Waals surface area contributed by atoms with Crippen LogP contribution in [0, 0.1) is 5.82 Å². The fourth-order valence-corrected chi connectivity index (χ4v) is 1.76. The minimum atomic E-state index is -0.215. The van der Waals surface area contributed by atoms with Crippen molar-refractivity contribution in [1.82, 2.24) is 15.2 Å². The van der Waals surface area contributed by atoms with Gasteiger partial charge in [0.15, 0.2) is 5.82 Å². The van der Waals surface area contributed by atoms with Gasteiger partial charge in [-0.2, -0.15) is 10.1 Å². The highest BCUT2D eigenvalue weighted by Gasteiger charge is 2.03. The van der Waals surface area contributed by atoms with E-state index >= 15 is 0 Å². The van der Waals surface area contributed by atoms with Gasteiger partial charge in [-0.25, -0.2) is 4.39 Å². The number of benzene rings is 1. The summed E-state index contributed by atoms with van der Waals surface area (Å²) in [6.45, 7) is 4.86. The predicted octanol–water partition coefficient (Wildman–Crippen LogP) is 2.88. The third-order valence-electron chi connectivity index (χ3n) is 3.18. The summed E-state index contributed by atoms with van der Waals surface area (Å²) in [5.41, 5.74) is 1.07. The molecule has 1 heterocycles. The molecule has 0 saturated carbocycles. The van der Waals surface area contributed by atoms with Gasteiger partial charge in [-0.15, -0.1) is 5.10 Å². The number of aromatic nitrogens is 3. The molecule has 0 fully saturated rings. The molecular formula is C15H20FN5. The monoisotopic (exact) mass is 289 g/mol. The summed E-state index contributed by atoms with van der Waals surface area (Å²) < 4.78 is 12.8. The van der Waals surface area contributed by atoms with Crippen LogP contribution in [0.15, 0.2) is 30.5 Å². The van der Waals surface area contributed by atoms with Crippen LogP contribution in [0.1, 0.15) is 25.8 Å². The first-order valence-electron chi connectivity index (χ1n) is 7.12. The summed E-state index contributed by atoms with van der Waals surface area (Å²) in [6, 6.07) is 6.81. The second-order valence-corrected chi connectivity index (χ2v) is 4.92. The first-order chi connectivity index (χ1) is 10.2. The average molecular weight is 289 g/mol. The number of hydrogen-bond donors (Lipinski definition) is 2. The SMILES string of the molecule is CCC(C)Nc1nncc(NCCc2ccc(F)cc2)n1. The van der Waals surface area contributed by atoms with Crippen LogP contribution in [-0.2, 0) is 6.42 Å². The molecule has 0 saturated heterocycles. The van der Waals surface area contributed by atoms with E-state index in [9.17, 15) is 4.39 Å². The van der Waals surface area contributed by atoms with Gasteiger partial charge in [-0.1, -0.05) is 19.1 Å². The zero-order chi connectivity index (χ0) is 15.1. The van der Waals surface area contributed by atoms with Crippen molar-refractivity contribution in [2.45, 2.75) is 32.7 Å². The fourth-order valence-electron chi connectivity index (χ4n) is 1.76. The van der Waals surface area contributed by atoms with Crippen molar-refractivity contribution in [3.63, 3.8) is 0 Å². The van der Waals surface area contributed by atoms with Crippen LogP contribution in [0.4, 0.5) is 16.2 Å². The molecule has 1 unspecified atom stereocenters. The molecule has 1 aromatic carbocycles. The van der Waals surface area contributed by atoms with E-state index in [1.165, 1.54) is 12.1 Å². The van der Waals surface area contributed by atoms with Crippen LogP contribution < -0.4 is 10.6 Å². The van der Waals surface area contributed by atoms with Crippen molar-refractivity contribution < 1.29 is 4.39 Å². The van der Waals surface area contributed by atoms with Gasteiger partial charge in [0.25, 0.3) is 0 Å². The molecule has 0 aliphatic rings. The van der Waals surface area contributed by atoms with Crippen molar-refractivity contribution in [3.05, 3.63) is 41.8 Å². The van der Waals surface area contributed by atoms with Crippen molar-refractivity contribution in [1.29, 1.82) is 0 Å². The summed E-state index contributed by atoms with van der Waals surface area (Å²) in [5, 5.41) is 14.2. The molecule has 0 bridgehead atoms. The van der Waals surface area contributed by atoms with Gasteiger partial charge in [-0.05, 0) is 37.5 Å². The van der Waals surface area contributed by atoms with Crippen molar-refractivity contribution >= 4 is 11.8 Å². The fraction of sp³-hybridized carbons (Fsp3) is 0.400. The lowest BCUT2D eigenvalue weighted by atomic mass is 10.1. The van der Waals surface area contributed by atoms with E-state index in [0.717, 1.165) is 18.4 Å². The van der Waals surface area contributed by atoms with Crippen molar-refractivity contribution in [3.8, 4) is 0 Å². The van der Waals surface area contributed by atoms with Crippen LogP contribution in [0.2, 0.25) is 0 Å². The summed E-state index contributed by atoms with van der Waals surface area (Å²) in [6.07, 6.45) is 3.37. The average Bonchev–Trinajstić information content (AvgIpc) is 2.49. The lowest BCUT2D eigenvalue weighted by Gasteiger charge is -2.11. The number of nitrogens with zero attached hydrogens (tertiary/aromatic N) is 3. The van der Waals surface area contributed by atoms with Crippen LogP contribution in [0.3, 0.4) is 0 Å². The van der Waals surface area contributed by atoms with Gasteiger partial charge >= 0.3 is 0 Å². The summed E-state index contributed by atoms with van der Waals surface area (Å²) >= 11 is 0. The Morgan fingerprint density at radius 1 is 1.24 bits per heavy atom. The van der Waals surface area contributed by atoms with E-state index < -0.39 is 0 Å². The van der Waals surface area contributed by atoms with Crippen LogP contribution in [0.25, 0.3) is 0 Å². The highest BCUT2D eigenvalue weighted by atomic mass is 19.1. The molecule has 0 amide bonds. The quantitative estimate of drug-likeness (QED) is 0.820. The molecule has 1 atom stereocenters. The third-order valence-corrected chi connectivity index (χ3v) is 3.18. The topological polar surface area (TPSA) is 62.7 Å². The number of rotatable bonds is 7. The van der Waals surface area contributed by atoms with Gasteiger partial charge in [0, 0.05) is 12.6 Å². The zero-order valence-electron chi connectivity index (χ0n) is 12.3. The van der Waals surface area contributed by atoms with E-state index in [4.69, 9.17) is 0 Å². The van der Waals surface area contributed by atoms with E-state index in [0.29, 0.717) is 24.4 Å². The summed E-state index contributed by atoms with van der Waals surface area (Å²) in [4.78, 5) is 4.35. The number of nitrogens with one attached hydrogen (secondary N) is 2. The van der Waals surface area contributed by atoms with E-state index in [1.54, 1.807) is 18.3 Å². The van der Waals surface area contributed by atoms with Crippen LogP contribution >= 0.6 is 0 Å². The Morgan fingerprint density at radius 3 is 2.71 bits per heavy atom. The normalized spacial score (nSPS) is 12.0. The van der Waals surface area contributed by atoms with Crippen LogP contribution in [0.5, 0.6) is 0 Å². The molecule has 0 aliphatic heterocycles. The van der Waals surface area contributed by atoms with Gasteiger partial charge in [-0.3, -0.25) is 0 Å². The Bertz CT molecular complexity index is 558. The molecule has 112 valence electrons. The molecular weight excluding hydrogens is 269 g/mol. The number of hydrogen-bond acceptors (Lipinski definition) is 5. The highest BCUT2D eigenvalue weighted by molar-refractivity contribution is 5.37. The molecule has 1 aromatic heterocycles. The maximum Gasteiger partial charge on any atom is 0.244 e. The van der Waals surface area contributed by atoms with E-state index in [-0.39, 0.29) is 5.82 Å². The Kier molecular flexibility index (Phi) is 5.43. The molecule has 2 rings (SSSR count). The Morgan fingerprint density at radius 2 is 2.00 bits per heavy atom. The Hall–Kier alpha value is -2.24. The molecule has 0 radical (unpaired) electrons. The largest absolute Gasteiger partial charge is 0.368 e. The Labute approximate surface area is 124 Å². The summed E-state index contributed by atoms with van der Waals surface area (Å²) in [5.74, 6) is 0.988. The van der Waals surface area contributed by atoms with Gasteiger partial charge < -0.3 is 10.6 Å². The van der Waals surface area contributed by atoms with Crippen LogP contribution in [-0.4, -0.2) is 27.8 Å². The number of halogens is 1. The van der Waals surface area contributed by atoms with Gasteiger partial charge in [0.05, 0.1) is 6.20 Å². The lowest BCUT2D eigenvalue weighted by molar-refractivity contribution is 0.627. The Balaban J connectivity index is 1.85. The lowest BCUT2D eigenvalue weighted by Crippen LogP contribution is -2.17. The van der Waals surface area contributed by atoms with Gasteiger partial charge in [0.1, 0.15) is 5.82 Å². The molecule has 0 aliphatic carbocycles. The van der Waals surface area contributed by atoms with E-state index in [1.807, 2.05) is 0 Å². The maximum absolute atomic E-state index is 12.8. The maximum atomic E-state index is 12.8. The van der Waals surface area contributed by atoms with Crippen molar-refractivity contribution in [2.75, 3.05) is 17.2 Å². The third kappa shape index (κ3) is 4.98. The van der Waals surface area contributed by atoms with Gasteiger partial charge in [0.2, 0.25) is 5.95 Å². The zero-order valence-corrected chi connectivity index (χ0v) is 12.3. The predicted molar refractivity (Wildman–Crippen MR) is 81.8 cm³/mol. The smallest absolute Gasteiger partial charge is 0.244 e. The molecule has 6 heteroatoms. The first kappa shape index (κ1) is 15.2. The molecule has 0 spiro atoms. The number of anilines is 2. The second-order valence-electron chi connectivity index (χ2n) is 4.92. The molecule has 2 aromatic rings. The van der Waals surface area contributed by atoms with Crippen molar-refractivity contribution in [2.24, 2.45) is 0 Å². The minimum Gasteiger partial charge on any atom is -0.368 e. The molecule has 5 nitrogen and oxygen atoms in total. The molecule has 2 N–H and O–H groups in total. The first-order valence-corrected chi connectivity index (χ1v) is 7.12. The summed E-state index contributed by atoms with van der Waals surface area (Å²) in [7, 11) is 0. The molecule has 21 heavy (non-hydrogen) atoms.